The Labute approximate surface area is 209 Å². The number of aryl methyl sites for hydroxylation is 1. The predicted octanol–water partition coefficient (Wildman–Crippen LogP) is 4.25. The smallest absolute Gasteiger partial charge is 0.289 e. The van der Waals surface area contributed by atoms with Crippen LogP contribution in [0.5, 0.6) is 0 Å². The number of benzene rings is 1. The van der Waals surface area contributed by atoms with Gasteiger partial charge in [0.05, 0.1) is 18.5 Å². The van der Waals surface area contributed by atoms with Gasteiger partial charge in [-0.3, -0.25) is 4.79 Å². The second-order valence-electron chi connectivity index (χ2n) is 7.32. The number of hydrogen-bond donors (Lipinski definition) is 1. The topological polar surface area (TPSA) is 74.0 Å². The predicted molar refractivity (Wildman–Crippen MR) is 139 cm³/mol. The third-order valence-corrected chi connectivity index (χ3v) is 6.41. The second-order valence-corrected chi connectivity index (χ2v) is 8.40. The molecule has 0 radical (unpaired) electrons. The molecule has 3 heterocycles. The number of hydrogen-bond acceptors (Lipinski definition) is 5. The first kappa shape index (κ1) is 24.2. The third kappa shape index (κ3) is 5.69. The van der Waals surface area contributed by atoms with Crippen molar-refractivity contribution in [3.8, 4) is 10.6 Å². The Bertz CT molecular complexity index is 1030. The molecule has 1 aromatic carbocycles. The highest BCUT2D eigenvalue weighted by Crippen LogP contribution is 2.28. The van der Waals surface area contributed by atoms with Crippen LogP contribution in [0.2, 0.25) is 0 Å². The molecule has 0 saturated carbocycles. The van der Waals surface area contributed by atoms with E-state index in [4.69, 9.17) is 14.4 Å². The highest BCUT2D eigenvalue weighted by molar-refractivity contribution is 14.0. The van der Waals surface area contributed by atoms with Gasteiger partial charge in [0.2, 0.25) is 0 Å². The number of piperazine rings is 1. The lowest BCUT2D eigenvalue weighted by Gasteiger charge is -2.36. The van der Waals surface area contributed by atoms with Crippen molar-refractivity contribution in [1.29, 1.82) is 0 Å². The minimum absolute atomic E-state index is 0. The van der Waals surface area contributed by atoms with Gasteiger partial charge in [-0.2, -0.15) is 0 Å². The maximum atomic E-state index is 12.5. The second kappa shape index (κ2) is 11.5. The number of thiazole rings is 1. The largest absolute Gasteiger partial charge is 0.459 e. The van der Waals surface area contributed by atoms with Crippen molar-refractivity contribution in [3.05, 3.63) is 65.1 Å². The van der Waals surface area contributed by atoms with E-state index in [1.54, 1.807) is 23.5 Å². The van der Waals surface area contributed by atoms with Crippen LogP contribution in [0.1, 0.15) is 28.0 Å². The minimum Gasteiger partial charge on any atom is -0.459 e. The maximum Gasteiger partial charge on any atom is 0.289 e. The summed E-state index contributed by atoms with van der Waals surface area (Å²) < 4.78 is 5.25. The summed E-state index contributed by atoms with van der Waals surface area (Å²) in [6.45, 7) is 8.23. The van der Waals surface area contributed by atoms with E-state index >= 15 is 0 Å². The first-order chi connectivity index (χ1) is 15.2. The lowest BCUT2D eigenvalue weighted by Crippen LogP contribution is -2.53. The van der Waals surface area contributed by atoms with E-state index < -0.39 is 0 Å². The minimum atomic E-state index is -0.0553. The summed E-state index contributed by atoms with van der Waals surface area (Å²) in [7, 11) is 0. The summed E-state index contributed by atoms with van der Waals surface area (Å²) in [4.78, 5) is 27.3. The molecule has 7 nitrogen and oxygen atoms in total. The highest BCUT2D eigenvalue weighted by Gasteiger charge is 2.25. The van der Waals surface area contributed by atoms with E-state index in [0.717, 1.165) is 41.9 Å². The van der Waals surface area contributed by atoms with Gasteiger partial charge in [0, 0.05) is 43.2 Å². The zero-order valence-corrected chi connectivity index (χ0v) is 21.4. The number of nitrogens with one attached hydrogen (secondary N) is 1. The average molecular weight is 565 g/mol. The van der Waals surface area contributed by atoms with Crippen molar-refractivity contribution in [2.45, 2.75) is 20.4 Å². The third-order valence-electron chi connectivity index (χ3n) is 5.22. The Balaban J connectivity index is 0.00000289. The molecule has 0 bridgehead atoms. The first-order valence-corrected chi connectivity index (χ1v) is 11.3. The molecule has 1 N–H and O–H groups in total. The summed E-state index contributed by atoms with van der Waals surface area (Å²) in [5, 5.41) is 4.42. The summed E-state index contributed by atoms with van der Waals surface area (Å²) in [6, 6.07) is 13.7. The van der Waals surface area contributed by atoms with Crippen LogP contribution in [0.3, 0.4) is 0 Å². The van der Waals surface area contributed by atoms with Crippen LogP contribution < -0.4 is 5.32 Å². The fraction of sp³-hybridized carbons (Fsp3) is 0.348. The Morgan fingerprint density at radius 1 is 1.12 bits per heavy atom. The van der Waals surface area contributed by atoms with Crippen molar-refractivity contribution in [3.63, 3.8) is 0 Å². The molecule has 1 fully saturated rings. The standard InChI is InChI=1S/C23H27N5O2S.HI/c1-3-24-23(28-13-11-27(12-14-28)22(29)19-10-7-15-30-19)25-16-20-17(2)26-21(31-20)18-8-5-4-6-9-18;/h4-10,15H,3,11-14,16H2,1-2H3,(H,24,25);1H. The molecule has 1 saturated heterocycles. The van der Waals surface area contributed by atoms with Crippen LogP contribution >= 0.6 is 35.3 Å². The Morgan fingerprint density at radius 3 is 2.50 bits per heavy atom. The molecule has 9 heteroatoms. The summed E-state index contributed by atoms with van der Waals surface area (Å²) >= 11 is 1.69. The van der Waals surface area contributed by atoms with E-state index in [1.807, 2.05) is 30.0 Å². The molecule has 0 aliphatic carbocycles. The summed E-state index contributed by atoms with van der Waals surface area (Å²) in [5.41, 5.74) is 2.16. The van der Waals surface area contributed by atoms with Crippen LogP contribution in [0.15, 0.2) is 58.1 Å². The lowest BCUT2D eigenvalue weighted by molar-refractivity contribution is 0.0657. The van der Waals surface area contributed by atoms with Gasteiger partial charge in [0.25, 0.3) is 5.91 Å². The van der Waals surface area contributed by atoms with Gasteiger partial charge in [-0.1, -0.05) is 30.3 Å². The van der Waals surface area contributed by atoms with E-state index in [9.17, 15) is 4.79 Å². The Kier molecular flexibility index (Phi) is 8.68. The molecule has 0 spiro atoms. The lowest BCUT2D eigenvalue weighted by atomic mass is 10.2. The number of carbonyl (C=O) groups is 1. The van der Waals surface area contributed by atoms with E-state index in [-0.39, 0.29) is 29.9 Å². The molecule has 1 amide bonds. The van der Waals surface area contributed by atoms with Crippen molar-refractivity contribution in [2.75, 3.05) is 32.7 Å². The number of aromatic nitrogens is 1. The van der Waals surface area contributed by atoms with Crippen LogP contribution in [0.25, 0.3) is 10.6 Å². The Hall–Kier alpha value is -2.40. The molecule has 3 aromatic rings. The van der Waals surface area contributed by atoms with E-state index in [2.05, 4.69) is 29.3 Å². The van der Waals surface area contributed by atoms with Crippen molar-refractivity contribution in [2.24, 2.45) is 4.99 Å². The number of furan rings is 1. The number of rotatable bonds is 5. The molecule has 32 heavy (non-hydrogen) atoms. The number of halogens is 1. The number of guanidine groups is 1. The maximum absolute atomic E-state index is 12.5. The van der Waals surface area contributed by atoms with Crippen LogP contribution in [-0.4, -0.2) is 59.4 Å². The zero-order chi connectivity index (χ0) is 21.6. The molecule has 2 aromatic heterocycles. The molecule has 0 unspecified atom stereocenters. The molecule has 1 aliphatic heterocycles. The van der Waals surface area contributed by atoms with E-state index in [0.29, 0.717) is 25.4 Å². The number of amides is 1. The van der Waals surface area contributed by atoms with Gasteiger partial charge in [0.1, 0.15) is 5.01 Å². The number of carbonyl (C=O) groups excluding carboxylic acids is 1. The SMILES string of the molecule is CCNC(=NCc1sc(-c2ccccc2)nc1C)N1CCN(C(=O)c2ccco2)CC1.I. The molecule has 1 aliphatic rings. The molecule has 170 valence electrons. The first-order valence-electron chi connectivity index (χ1n) is 10.5. The van der Waals surface area contributed by atoms with Crippen LogP contribution in [0.4, 0.5) is 0 Å². The van der Waals surface area contributed by atoms with Crippen LogP contribution in [0, 0.1) is 6.92 Å². The normalized spacial score (nSPS) is 14.2. The average Bonchev–Trinajstić information content (AvgIpc) is 3.47. The Morgan fingerprint density at radius 2 is 1.84 bits per heavy atom. The molecular formula is C23H28IN5O2S. The summed E-state index contributed by atoms with van der Waals surface area (Å²) in [6.07, 6.45) is 1.53. The van der Waals surface area contributed by atoms with Crippen molar-refractivity contribution in [1.82, 2.24) is 20.1 Å². The molecule has 4 rings (SSSR count). The van der Waals surface area contributed by atoms with Gasteiger partial charge in [-0.15, -0.1) is 35.3 Å². The van der Waals surface area contributed by atoms with Crippen LogP contribution in [-0.2, 0) is 6.54 Å². The van der Waals surface area contributed by atoms with Gasteiger partial charge in [0.15, 0.2) is 11.7 Å². The molecular weight excluding hydrogens is 537 g/mol. The number of aliphatic imine (C=N–C) groups is 1. The molecule has 0 atom stereocenters. The fourth-order valence-electron chi connectivity index (χ4n) is 3.53. The zero-order valence-electron chi connectivity index (χ0n) is 18.3. The fourth-order valence-corrected chi connectivity index (χ4v) is 4.52. The van der Waals surface area contributed by atoms with Gasteiger partial charge in [-0.25, -0.2) is 9.98 Å². The highest BCUT2D eigenvalue weighted by atomic mass is 127. The van der Waals surface area contributed by atoms with E-state index in [1.165, 1.54) is 11.1 Å². The van der Waals surface area contributed by atoms with Crippen molar-refractivity contribution >= 4 is 47.2 Å². The van der Waals surface area contributed by atoms with Gasteiger partial charge < -0.3 is 19.5 Å². The number of nitrogens with zero attached hydrogens (tertiary/aromatic N) is 4. The van der Waals surface area contributed by atoms with Crippen molar-refractivity contribution < 1.29 is 9.21 Å². The quantitative estimate of drug-likeness (QED) is 0.285. The summed E-state index contributed by atoms with van der Waals surface area (Å²) in [5.74, 6) is 1.21. The van der Waals surface area contributed by atoms with Gasteiger partial charge in [-0.05, 0) is 26.0 Å². The monoisotopic (exact) mass is 565 g/mol. The van der Waals surface area contributed by atoms with Gasteiger partial charge >= 0.3 is 0 Å².